The van der Waals surface area contributed by atoms with Crippen molar-refractivity contribution in [2.24, 2.45) is 0 Å². The molecular formula is C7H11BF4N3-. The predicted molar refractivity (Wildman–Crippen MR) is 51.4 cm³/mol. The van der Waals surface area contributed by atoms with Crippen LogP contribution in [0.5, 0.6) is 0 Å². The van der Waals surface area contributed by atoms with E-state index < -0.39 is 7.25 Å². The number of hydrogen-bond acceptors (Lipinski definition) is 2. The van der Waals surface area contributed by atoms with Gasteiger partial charge < -0.3 is 22.7 Å². The summed E-state index contributed by atoms with van der Waals surface area (Å²) < 4.78 is 40.8. The normalized spacial score (nSPS) is 12.3. The van der Waals surface area contributed by atoms with Crippen molar-refractivity contribution >= 4 is 7.25 Å². The Morgan fingerprint density at radius 2 is 2.00 bits per heavy atom. The number of aromatic nitrogens is 2. The van der Waals surface area contributed by atoms with E-state index in [0.29, 0.717) is 0 Å². The number of rotatable bonds is 3. The topological polar surface area (TPSA) is 29.9 Å². The zero-order valence-corrected chi connectivity index (χ0v) is 8.08. The van der Waals surface area contributed by atoms with Crippen LogP contribution in [-0.2, 0) is 0 Å². The molecule has 3 nitrogen and oxygen atoms in total. The van der Waals surface area contributed by atoms with Crippen molar-refractivity contribution in [2.45, 2.75) is 13.0 Å². The van der Waals surface area contributed by atoms with Crippen molar-refractivity contribution in [3.63, 3.8) is 0 Å². The minimum atomic E-state index is -6.00. The first-order valence-corrected chi connectivity index (χ1v) is 4.07. The van der Waals surface area contributed by atoms with Crippen LogP contribution in [0.3, 0.4) is 0 Å². The first kappa shape index (κ1) is 13.5. The molecule has 0 amide bonds. The van der Waals surface area contributed by atoms with Crippen LogP contribution < -0.4 is 5.43 Å². The van der Waals surface area contributed by atoms with Gasteiger partial charge in [0.05, 0.1) is 6.04 Å². The number of imidazole rings is 1. The summed E-state index contributed by atoms with van der Waals surface area (Å²) in [5.41, 5.74) is 3.11. The molecule has 0 saturated carbocycles. The van der Waals surface area contributed by atoms with Crippen LogP contribution in [0.25, 0.3) is 0 Å². The minimum absolute atomic E-state index is 0.272. The molecule has 1 N–H and O–H groups in total. The lowest BCUT2D eigenvalue weighted by molar-refractivity contribution is 0.368. The highest BCUT2D eigenvalue weighted by Gasteiger charge is 2.20. The molecule has 0 aliphatic rings. The lowest BCUT2D eigenvalue weighted by atomic mass is 10.3. The predicted octanol–water partition coefficient (Wildman–Crippen LogP) is 2.30. The summed E-state index contributed by atoms with van der Waals surface area (Å²) in [6.45, 7) is 5.67. The van der Waals surface area contributed by atoms with Crippen molar-refractivity contribution in [3.8, 4) is 0 Å². The maximum Gasteiger partial charge on any atom is 0.673 e. The van der Waals surface area contributed by atoms with Crippen LogP contribution in [0.1, 0.15) is 6.92 Å². The van der Waals surface area contributed by atoms with Crippen molar-refractivity contribution in [3.05, 3.63) is 31.4 Å². The monoisotopic (exact) mass is 224 g/mol. The second-order valence-corrected chi connectivity index (χ2v) is 2.62. The highest BCUT2D eigenvalue weighted by molar-refractivity contribution is 6.50. The lowest BCUT2D eigenvalue weighted by Crippen LogP contribution is -2.21. The van der Waals surface area contributed by atoms with Gasteiger partial charge in [0.25, 0.3) is 0 Å². The molecule has 1 unspecified atom stereocenters. The molecule has 0 bridgehead atoms. The van der Waals surface area contributed by atoms with Gasteiger partial charge in [-0.2, -0.15) is 0 Å². The summed E-state index contributed by atoms with van der Waals surface area (Å²) >= 11 is 0. The molecule has 0 aliphatic heterocycles. The third-order valence-corrected chi connectivity index (χ3v) is 1.21. The Morgan fingerprint density at radius 3 is 2.33 bits per heavy atom. The first-order valence-electron chi connectivity index (χ1n) is 4.07. The van der Waals surface area contributed by atoms with Gasteiger partial charge >= 0.3 is 7.25 Å². The van der Waals surface area contributed by atoms with Gasteiger partial charge in [0, 0.05) is 12.4 Å². The Hall–Kier alpha value is -1.47. The molecule has 0 fully saturated rings. The first-order chi connectivity index (χ1) is 6.83. The number of nitrogens with one attached hydrogen (secondary N) is 1. The Kier molecular flexibility index (Phi) is 5.50. The average molecular weight is 224 g/mol. The van der Waals surface area contributed by atoms with Crippen molar-refractivity contribution in [1.82, 2.24) is 9.66 Å². The fraction of sp³-hybridized carbons (Fsp3) is 0.286. The van der Waals surface area contributed by atoms with Gasteiger partial charge in [-0.05, 0) is 6.92 Å². The molecule has 1 heterocycles. The molecule has 1 rings (SSSR count). The third-order valence-electron chi connectivity index (χ3n) is 1.21. The Bertz CT molecular complexity index is 266. The standard InChI is InChI=1S/C7H11N3.BF4/c1-3-7(2)9-10-5-4-8-6-10;2-1(3,4)5/h3-7,9H,1H2,2H3;/q;-1. The fourth-order valence-corrected chi connectivity index (χ4v) is 0.623. The van der Waals surface area contributed by atoms with Gasteiger partial charge in [0.2, 0.25) is 0 Å². The molecule has 0 spiro atoms. The van der Waals surface area contributed by atoms with Crippen molar-refractivity contribution in [1.29, 1.82) is 0 Å². The molecule has 86 valence electrons. The van der Waals surface area contributed by atoms with E-state index in [1.807, 2.05) is 19.2 Å². The maximum atomic E-state index is 9.75. The molecule has 8 heteroatoms. The van der Waals surface area contributed by atoms with Crippen LogP contribution in [-0.4, -0.2) is 23.0 Å². The fourth-order valence-electron chi connectivity index (χ4n) is 0.623. The van der Waals surface area contributed by atoms with Crippen LogP contribution in [0, 0.1) is 0 Å². The highest BCUT2D eigenvalue weighted by atomic mass is 19.5. The number of halogens is 4. The highest BCUT2D eigenvalue weighted by Crippen LogP contribution is 2.06. The molecule has 0 aromatic carbocycles. The second kappa shape index (κ2) is 6.10. The van der Waals surface area contributed by atoms with Gasteiger partial charge in [-0.3, -0.25) is 4.68 Å². The van der Waals surface area contributed by atoms with Crippen LogP contribution >= 0.6 is 0 Å². The van der Waals surface area contributed by atoms with Crippen LogP contribution in [0.15, 0.2) is 31.4 Å². The average Bonchev–Trinajstić information content (AvgIpc) is 2.53. The minimum Gasteiger partial charge on any atom is -0.418 e. The Labute approximate surface area is 84.9 Å². The Balaban J connectivity index is 0.000000336. The van der Waals surface area contributed by atoms with E-state index in [4.69, 9.17) is 0 Å². The van der Waals surface area contributed by atoms with Gasteiger partial charge in [-0.1, -0.05) is 6.08 Å². The molecule has 0 aliphatic carbocycles. The zero-order valence-electron chi connectivity index (χ0n) is 8.08. The van der Waals surface area contributed by atoms with E-state index in [2.05, 4.69) is 17.0 Å². The molecule has 1 aromatic rings. The molecule has 1 atom stereocenters. The van der Waals surface area contributed by atoms with Crippen molar-refractivity contribution < 1.29 is 17.3 Å². The van der Waals surface area contributed by atoms with E-state index in [-0.39, 0.29) is 6.04 Å². The van der Waals surface area contributed by atoms with E-state index in [1.54, 1.807) is 17.2 Å². The summed E-state index contributed by atoms with van der Waals surface area (Å²) in [5.74, 6) is 0. The van der Waals surface area contributed by atoms with Crippen LogP contribution in [0.2, 0.25) is 0 Å². The molecule has 0 radical (unpaired) electrons. The number of nitrogens with zero attached hydrogens (tertiary/aromatic N) is 2. The summed E-state index contributed by atoms with van der Waals surface area (Å²) in [7, 11) is -6.00. The van der Waals surface area contributed by atoms with E-state index >= 15 is 0 Å². The van der Waals surface area contributed by atoms with Gasteiger partial charge in [-0.15, -0.1) is 6.58 Å². The van der Waals surface area contributed by atoms with E-state index in [9.17, 15) is 17.3 Å². The summed E-state index contributed by atoms with van der Waals surface area (Å²) in [6.07, 6.45) is 7.11. The number of hydrogen-bond donors (Lipinski definition) is 1. The van der Waals surface area contributed by atoms with E-state index in [1.165, 1.54) is 0 Å². The second-order valence-electron chi connectivity index (χ2n) is 2.62. The molecule has 1 aromatic heterocycles. The van der Waals surface area contributed by atoms with E-state index in [0.717, 1.165) is 0 Å². The maximum absolute atomic E-state index is 9.75. The summed E-state index contributed by atoms with van der Waals surface area (Å²) in [6, 6.07) is 0.272. The zero-order chi connectivity index (χ0) is 11.9. The molecular weight excluding hydrogens is 213 g/mol. The van der Waals surface area contributed by atoms with Gasteiger partial charge in [0.1, 0.15) is 6.33 Å². The lowest BCUT2D eigenvalue weighted by Gasteiger charge is -2.09. The van der Waals surface area contributed by atoms with Crippen molar-refractivity contribution in [2.75, 3.05) is 5.43 Å². The van der Waals surface area contributed by atoms with Gasteiger partial charge in [-0.25, -0.2) is 4.98 Å². The van der Waals surface area contributed by atoms with Crippen LogP contribution in [0.4, 0.5) is 17.3 Å². The third kappa shape index (κ3) is 10.5. The smallest absolute Gasteiger partial charge is 0.418 e. The summed E-state index contributed by atoms with van der Waals surface area (Å²) in [4.78, 5) is 3.88. The summed E-state index contributed by atoms with van der Waals surface area (Å²) in [5, 5.41) is 0. The molecule has 15 heavy (non-hydrogen) atoms. The Morgan fingerprint density at radius 1 is 1.47 bits per heavy atom. The largest absolute Gasteiger partial charge is 0.673 e. The quantitative estimate of drug-likeness (QED) is 0.485. The molecule has 0 saturated heterocycles. The van der Waals surface area contributed by atoms with Gasteiger partial charge in [0.15, 0.2) is 0 Å². The SMILES string of the molecule is C=CC(C)Nn1ccnc1.F[B-](F)(F)F.